The van der Waals surface area contributed by atoms with E-state index < -0.39 is 23.2 Å². The molecule has 25 heavy (non-hydrogen) atoms. The lowest BCUT2D eigenvalue weighted by molar-refractivity contribution is -0.137. The number of amides is 1. The summed E-state index contributed by atoms with van der Waals surface area (Å²) in [6, 6.07) is 11.2. The van der Waals surface area contributed by atoms with Crippen LogP contribution in [0, 0.1) is 0 Å². The average Bonchev–Trinajstić information content (AvgIpc) is 2.58. The number of carbonyl (C=O) groups is 2. The third kappa shape index (κ3) is 4.59. The van der Waals surface area contributed by atoms with Crippen molar-refractivity contribution >= 4 is 17.4 Å². The summed E-state index contributed by atoms with van der Waals surface area (Å²) in [5, 5.41) is 2.25. The molecule has 0 spiro atoms. The summed E-state index contributed by atoms with van der Waals surface area (Å²) in [5.74, 6) is -1.32. The van der Waals surface area contributed by atoms with Gasteiger partial charge in [-0.3, -0.25) is 9.59 Å². The Bertz CT molecular complexity index is 769. The molecule has 0 bridgehead atoms. The number of Topliss-reactive ketones (excluding diaryl/α,β-unsaturated/α-hetero) is 1. The molecular weight excluding hydrogens is 333 g/mol. The molecule has 0 heterocycles. The lowest BCUT2D eigenvalue weighted by atomic mass is 10.1. The van der Waals surface area contributed by atoms with Crippen molar-refractivity contribution in [1.82, 2.24) is 5.32 Å². The molecule has 0 aliphatic carbocycles. The van der Waals surface area contributed by atoms with Crippen LogP contribution in [0.4, 0.5) is 18.9 Å². The predicted octanol–water partition coefficient (Wildman–Crippen LogP) is 3.38. The fraction of sp³-hybridized carbons (Fsp3) is 0.222. The number of carbonyl (C=O) groups excluding carboxylic acids is 2. The van der Waals surface area contributed by atoms with Crippen molar-refractivity contribution in [3.63, 3.8) is 0 Å². The lowest BCUT2D eigenvalue weighted by Crippen LogP contribution is -2.31. The van der Waals surface area contributed by atoms with E-state index in [0.717, 1.165) is 17.8 Å². The molecule has 0 aliphatic heterocycles. The van der Waals surface area contributed by atoms with Gasteiger partial charge in [0.25, 0.3) is 5.91 Å². The largest absolute Gasteiger partial charge is 0.417 e. The molecule has 2 rings (SSSR count). The maximum atomic E-state index is 12.9. The highest BCUT2D eigenvalue weighted by Crippen LogP contribution is 2.31. The Balaban J connectivity index is 2.06. The third-order valence-electron chi connectivity index (χ3n) is 3.59. The van der Waals surface area contributed by atoms with E-state index in [4.69, 9.17) is 0 Å². The van der Waals surface area contributed by atoms with Gasteiger partial charge in [-0.05, 0) is 36.4 Å². The SMILES string of the molecule is CN(C)c1ccc(C(=O)CNC(=O)c2ccccc2C(F)(F)F)cc1. The molecule has 0 fully saturated rings. The Labute approximate surface area is 143 Å². The standard InChI is InChI=1S/C18H17F3N2O2/c1-23(2)13-9-7-12(8-10-13)16(24)11-22-17(25)14-5-3-4-6-15(14)18(19,20)21/h3-10H,11H2,1-2H3,(H,22,25). The minimum absolute atomic E-state index is 0.370. The number of benzene rings is 2. The number of rotatable bonds is 5. The monoisotopic (exact) mass is 350 g/mol. The van der Waals surface area contributed by atoms with Gasteiger partial charge >= 0.3 is 6.18 Å². The van der Waals surface area contributed by atoms with Crippen LogP contribution < -0.4 is 10.2 Å². The average molecular weight is 350 g/mol. The van der Waals surface area contributed by atoms with Crippen LogP contribution >= 0.6 is 0 Å². The van der Waals surface area contributed by atoms with Crippen LogP contribution in [-0.4, -0.2) is 32.3 Å². The number of alkyl halides is 3. The van der Waals surface area contributed by atoms with E-state index in [9.17, 15) is 22.8 Å². The van der Waals surface area contributed by atoms with E-state index in [0.29, 0.717) is 5.56 Å². The Kier molecular flexibility index (Phi) is 5.46. The topological polar surface area (TPSA) is 49.4 Å². The molecule has 0 atom stereocenters. The van der Waals surface area contributed by atoms with Crippen molar-refractivity contribution in [2.24, 2.45) is 0 Å². The van der Waals surface area contributed by atoms with E-state index in [1.165, 1.54) is 12.1 Å². The molecule has 1 N–H and O–H groups in total. The maximum absolute atomic E-state index is 12.9. The molecule has 0 saturated carbocycles. The van der Waals surface area contributed by atoms with Crippen molar-refractivity contribution in [3.8, 4) is 0 Å². The zero-order valence-electron chi connectivity index (χ0n) is 13.7. The molecule has 132 valence electrons. The smallest absolute Gasteiger partial charge is 0.378 e. The summed E-state index contributed by atoms with van der Waals surface area (Å²) in [5.41, 5.74) is -0.268. The van der Waals surface area contributed by atoms with Gasteiger partial charge in [-0.15, -0.1) is 0 Å². The second-order valence-electron chi connectivity index (χ2n) is 5.59. The molecule has 0 unspecified atom stereocenters. The highest BCUT2D eigenvalue weighted by molar-refractivity contribution is 6.02. The number of nitrogens with one attached hydrogen (secondary N) is 1. The van der Waals surface area contributed by atoms with Gasteiger partial charge in [-0.25, -0.2) is 0 Å². The second-order valence-corrected chi connectivity index (χ2v) is 5.59. The zero-order valence-corrected chi connectivity index (χ0v) is 13.7. The Morgan fingerprint density at radius 2 is 1.60 bits per heavy atom. The minimum atomic E-state index is -4.64. The van der Waals surface area contributed by atoms with Crippen LogP contribution in [0.25, 0.3) is 0 Å². The normalized spacial score (nSPS) is 11.1. The van der Waals surface area contributed by atoms with E-state index in [-0.39, 0.29) is 12.3 Å². The summed E-state index contributed by atoms with van der Waals surface area (Å²) in [6.07, 6.45) is -4.64. The van der Waals surface area contributed by atoms with Gasteiger partial charge < -0.3 is 10.2 Å². The van der Waals surface area contributed by atoms with Gasteiger partial charge in [0.1, 0.15) is 0 Å². The molecular formula is C18H17F3N2O2. The van der Waals surface area contributed by atoms with Crippen molar-refractivity contribution in [2.75, 3.05) is 25.5 Å². The van der Waals surface area contributed by atoms with Crippen molar-refractivity contribution in [3.05, 3.63) is 65.2 Å². The summed E-state index contributed by atoms with van der Waals surface area (Å²) < 4.78 is 38.8. The van der Waals surface area contributed by atoms with Crippen LogP contribution in [0.2, 0.25) is 0 Å². The van der Waals surface area contributed by atoms with Crippen LogP contribution in [0.5, 0.6) is 0 Å². The molecule has 2 aromatic rings. The summed E-state index contributed by atoms with van der Waals surface area (Å²) in [7, 11) is 3.71. The predicted molar refractivity (Wildman–Crippen MR) is 88.9 cm³/mol. The first kappa shape index (κ1) is 18.5. The maximum Gasteiger partial charge on any atom is 0.417 e. The lowest BCUT2D eigenvalue weighted by Gasteiger charge is -2.13. The summed E-state index contributed by atoms with van der Waals surface area (Å²) >= 11 is 0. The van der Waals surface area contributed by atoms with Crippen molar-refractivity contribution in [2.45, 2.75) is 6.18 Å². The summed E-state index contributed by atoms with van der Waals surface area (Å²) in [6.45, 7) is -0.383. The number of halogens is 3. The van der Waals surface area contributed by atoms with Crippen molar-refractivity contribution < 1.29 is 22.8 Å². The first-order chi connectivity index (χ1) is 11.7. The van der Waals surface area contributed by atoms with Crippen LogP contribution in [0.15, 0.2) is 48.5 Å². The minimum Gasteiger partial charge on any atom is -0.378 e. The molecule has 0 aliphatic rings. The molecule has 4 nitrogen and oxygen atoms in total. The van der Waals surface area contributed by atoms with E-state index >= 15 is 0 Å². The molecule has 7 heteroatoms. The Morgan fingerprint density at radius 3 is 2.16 bits per heavy atom. The first-order valence-electron chi connectivity index (χ1n) is 7.45. The number of hydrogen-bond acceptors (Lipinski definition) is 3. The molecule has 0 aromatic heterocycles. The zero-order chi connectivity index (χ0) is 18.6. The fourth-order valence-corrected chi connectivity index (χ4v) is 2.23. The van der Waals surface area contributed by atoms with Crippen molar-refractivity contribution in [1.29, 1.82) is 0 Å². The number of hydrogen-bond donors (Lipinski definition) is 1. The third-order valence-corrected chi connectivity index (χ3v) is 3.59. The van der Waals surface area contributed by atoms with Crippen LogP contribution in [0.3, 0.4) is 0 Å². The Hall–Kier alpha value is -2.83. The number of anilines is 1. The molecule has 2 aromatic carbocycles. The highest BCUT2D eigenvalue weighted by Gasteiger charge is 2.34. The Morgan fingerprint density at radius 1 is 1.00 bits per heavy atom. The highest BCUT2D eigenvalue weighted by atomic mass is 19.4. The number of nitrogens with zero attached hydrogens (tertiary/aromatic N) is 1. The number of ketones is 1. The molecule has 1 amide bonds. The summed E-state index contributed by atoms with van der Waals surface area (Å²) in [4.78, 5) is 26.0. The fourth-order valence-electron chi connectivity index (χ4n) is 2.23. The first-order valence-corrected chi connectivity index (χ1v) is 7.45. The molecule has 0 radical (unpaired) electrons. The van der Waals surface area contributed by atoms with E-state index in [1.54, 1.807) is 24.3 Å². The second kappa shape index (κ2) is 7.38. The molecule has 0 saturated heterocycles. The van der Waals surface area contributed by atoms with Crippen LogP contribution in [0.1, 0.15) is 26.3 Å². The van der Waals surface area contributed by atoms with E-state index in [1.807, 2.05) is 19.0 Å². The van der Waals surface area contributed by atoms with Gasteiger partial charge in [0.15, 0.2) is 5.78 Å². The van der Waals surface area contributed by atoms with Gasteiger partial charge in [0.05, 0.1) is 17.7 Å². The van der Waals surface area contributed by atoms with Gasteiger partial charge in [-0.1, -0.05) is 12.1 Å². The van der Waals surface area contributed by atoms with Gasteiger partial charge in [-0.2, -0.15) is 13.2 Å². The van der Waals surface area contributed by atoms with Gasteiger partial charge in [0, 0.05) is 25.3 Å². The quantitative estimate of drug-likeness (QED) is 0.841. The van der Waals surface area contributed by atoms with Crippen LogP contribution in [-0.2, 0) is 6.18 Å². The van der Waals surface area contributed by atoms with E-state index in [2.05, 4.69) is 5.32 Å². The van der Waals surface area contributed by atoms with Gasteiger partial charge in [0.2, 0.25) is 0 Å².